The summed E-state index contributed by atoms with van der Waals surface area (Å²) in [6.07, 6.45) is 8.09. The van der Waals surface area contributed by atoms with Crippen LogP contribution < -0.4 is 5.32 Å². The van der Waals surface area contributed by atoms with Gasteiger partial charge in [-0.15, -0.1) is 0 Å². The topological polar surface area (TPSA) is 32.3 Å². The second kappa shape index (κ2) is 7.70. The van der Waals surface area contributed by atoms with Gasteiger partial charge in [-0.3, -0.25) is 10.1 Å². The zero-order chi connectivity index (χ0) is 12.7. The Bertz CT molecular complexity index is 230. The van der Waals surface area contributed by atoms with Crippen LogP contribution in [0.15, 0.2) is 0 Å². The van der Waals surface area contributed by atoms with Gasteiger partial charge < -0.3 is 4.90 Å². The highest BCUT2D eigenvalue weighted by Crippen LogP contribution is 2.19. The predicted molar refractivity (Wildman–Crippen MR) is 71.8 cm³/mol. The van der Waals surface area contributed by atoms with Gasteiger partial charge in [-0.2, -0.15) is 0 Å². The summed E-state index contributed by atoms with van der Waals surface area (Å²) in [5.41, 5.74) is 0. The van der Waals surface area contributed by atoms with Crippen LogP contribution in [0, 0.1) is 0 Å². The lowest BCUT2D eigenvalue weighted by Crippen LogP contribution is -2.37. The third-order valence-corrected chi connectivity index (χ3v) is 3.51. The van der Waals surface area contributed by atoms with Gasteiger partial charge >= 0.3 is 0 Å². The number of carbonyl (C=O) groups excluding carboxylic acids is 1. The van der Waals surface area contributed by atoms with Crippen LogP contribution in [0.2, 0.25) is 0 Å². The first-order valence-corrected chi connectivity index (χ1v) is 7.31. The molecule has 0 aromatic heterocycles. The van der Waals surface area contributed by atoms with Crippen molar-refractivity contribution in [2.75, 3.05) is 6.54 Å². The van der Waals surface area contributed by atoms with Crippen molar-refractivity contribution in [3.05, 3.63) is 0 Å². The molecule has 17 heavy (non-hydrogen) atoms. The van der Waals surface area contributed by atoms with Gasteiger partial charge in [0.2, 0.25) is 5.91 Å². The molecule has 1 aliphatic heterocycles. The monoisotopic (exact) mass is 240 g/mol. The van der Waals surface area contributed by atoms with Gasteiger partial charge in [-0.05, 0) is 19.3 Å². The molecule has 0 aromatic rings. The summed E-state index contributed by atoms with van der Waals surface area (Å²) in [5.74, 6) is 0.338. The van der Waals surface area contributed by atoms with Crippen molar-refractivity contribution < 1.29 is 4.79 Å². The van der Waals surface area contributed by atoms with Gasteiger partial charge in [0.15, 0.2) is 0 Å². The fourth-order valence-corrected chi connectivity index (χ4v) is 2.47. The van der Waals surface area contributed by atoms with E-state index in [0.29, 0.717) is 12.1 Å². The summed E-state index contributed by atoms with van der Waals surface area (Å²) in [4.78, 5) is 14.3. The van der Waals surface area contributed by atoms with Gasteiger partial charge in [0, 0.05) is 6.54 Å². The fraction of sp³-hybridized carbons (Fsp3) is 0.929. The van der Waals surface area contributed by atoms with E-state index < -0.39 is 0 Å². The largest absolute Gasteiger partial charge is 0.326 e. The molecule has 0 aliphatic carbocycles. The van der Waals surface area contributed by atoms with Gasteiger partial charge in [-0.25, -0.2) is 0 Å². The van der Waals surface area contributed by atoms with Crippen LogP contribution >= 0.6 is 0 Å². The van der Waals surface area contributed by atoms with Crippen LogP contribution in [0.1, 0.15) is 65.7 Å². The normalized spacial score (nSPS) is 24.6. The first kappa shape index (κ1) is 14.5. The van der Waals surface area contributed by atoms with Gasteiger partial charge in [-0.1, -0.05) is 46.5 Å². The highest BCUT2D eigenvalue weighted by atomic mass is 16.2. The van der Waals surface area contributed by atoms with Crippen LogP contribution in [0.3, 0.4) is 0 Å². The molecule has 3 nitrogen and oxygen atoms in total. The highest BCUT2D eigenvalue weighted by Gasteiger charge is 2.36. The van der Waals surface area contributed by atoms with E-state index in [1.807, 2.05) is 0 Å². The maximum absolute atomic E-state index is 12.3. The second-order valence-electron chi connectivity index (χ2n) is 5.05. The Morgan fingerprint density at radius 3 is 2.35 bits per heavy atom. The van der Waals surface area contributed by atoms with Crippen molar-refractivity contribution in [2.24, 2.45) is 0 Å². The molecule has 1 aliphatic rings. The molecule has 0 bridgehead atoms. The Balaban J connectivity index is 2.54. The number of nitrogens with one attached hydrogen (secondary N) is 1. The van der Waals surface area contributed by atoms with Crippen LogP contribution in [0.5, 0.6) is 0 Å². The van der Waals surface area contributed by atoms with Crippen molar-refractivity contribution in [3.8, 4) is 0 Å². The Morgan fingerprint density at radius 1 is 1.06 bits per heavy atom. The number of carbonyl (C=O) groups is 1. The molecule has 0 saturated carbocycles. The molecule has 1 amide bonds. The number of nitrogens with zero attached hydrogens (tertiary/aromatic N) is 1. The Morgan fingerprint density at radius 2 is 1.76 bits per heavy atom. The minimum absolute atomic E-state index is 0.0864. The first-order chi connectivity index (χ1) is 8.24. The number of hydrogen-bond donors (Lipinski definition) is 1. The number of amides is 1. The number of unbranched alkanes of at least 4 members (excludes halogenated alkanes) is 2. The quantitative estimate of drug-likeness (QED) is 0.707. The van der Waals surface area contributed by atoms with E-state index in [0.717, 1.165) is 45.1 Å². The standard InChI is InChI=1S/C14H28N2O/c1-4-7-10-12-14(17)16(11-8-5-2)13(15-12)9-6-3/h12-13,15H,4-11H2,1-3H3. The molecule has 0 radical (unpaired) electrons. The molecular weight excluding hydrogens is 212 g/mol. The van der Waals surface area contributed by atoms with Crippen LogP contribution in [0.4, 0.5) is 0 Å². The minimum atomic E-state index is 0.0864. The molecule has 3 heteroatoms. The SMILES string of the molecule is CCCCC1NC(CCC)N(CCCC)C1=O. The summed E-state index contributed by atoms with van der Waals surface area (Å²) < 4.78 is 0. The molecule has 0 aromatic carbocycles. The van der Waals surface area contributed by atoms with Crippen molar-refractivity contribution in [1.82, 2.24) is 10.2 Å². The Hall–Kier alpha value is -0.570. The molecule has 2 unspecified atom stereocenters. The summed E-state index contributed by atoms with van der Waals surface area (Å²) in [6, 6.07) is 0.0864. The average molecular weight is 240 g/mol. The van der Waals surface area contributed by atoms with Crippen LogP contribution in [0.25, 0.3) is 0 Å². The molecule has 2 atom stereocenters. The molecule has 1 fully saturated rings. The van der Waals surface area contributed by atoms with Crippen molar-refractivity contribution in [3.63, 3.8) is 0 Å². The van der Waals surface area contributed by atoms with E-state index in [-0.39, 0.29) is 6.04 Å². The summed E-state index contributed by atoms with van der Waals surface area (Å²) in [6.45, 7) is 7.47. The second-order valence-corrected chi connectivity index (χ2v) is 5.05. The van der Waals surface area contributed by atoms with E-state index in [1.54, 1.807) is 0 Å². The van der Waals surface area contributed by atoms with E-state index in [9.17, 15) is 4.79 Å². The molecule has 1 N–H and O–H groups in total. The van der Waals surface area contributed by atoms with E-state index in [1.165, 1.54) is 6.42 Å². The highest BCUT2D eigenvalue weighted by molar-refractivity contribution is 5.84. The van der Waals surface area contributed by atoms with Crippen molar-refractivity contribution in [1.29, 1.82) is 0 Å². The lowest BCUT2D eigenvalue weighted by atomic mass is 10.1. The van der Waals surface area contributed by atoms with Gasteiger partial charge in [0.05, 0.1) is 12.2 Å². The van der Waals surface area contributed by atoms with Crippen molar-refractivity contribution >= 4 is 5.91 Å². The third-order valence-electron chi connectivity index (χ3n) is 3.51. The smallest absolute Gasteiger partial charge is 0.241 e. The van der Waals surface area contributed by atoms with E-state index in [2.05, 4.69) is 31.0 Å². The lowest BCUT2D eigenvalue weighted by Gasteiger charge is -2.23. The zero-order valence-electron chi connectivity index (χ0n) is 11.7. The number of hydrogen-bond acceptors (Lipinski definition) is 2. The minimum Gasteiger partial charge on any atom is -0.326 e. The lowest BCUT2D eigenvalue weighted by molar-refractivity contribution is -0.130. The summed E-state index contributed by atoms with van der Waals surface area (Å²) in [7, 11) is 0. The number of rotatable bonds is 8. The first-order valence-electron chi connectivity index (χ1n) is 7.31. The average Bonchev–Trinajstić information content (AvgIpc) is 2.61. The molecule has 1 heterocycles. The molecule has 100 valence electrons. The fourth-order valence-electron chi connectivity index (χ4n) is 2.47. The Kier molecular flexibility index (Phi) is 6.56. The third kappa shape index (κ3) is 3.98. The predicted octanol–water partition coefficient (Wildman–Crippen LogP) is 2.90. The van der Waals surface area contributed by atoms with Crippen LogP contribution in [-0.2, 0) is 4.79 Å². The maximum atomic E-state index is 12.3. The zero-order valence-corrected chi connectivity index (χ0v) is 11.7. The molecular formula is C14H28N2O. The van der Waals surface area contributed by atoms with Gasteiger partial charge in [0.25, 0.3) is 0 Å². The van der Waals surface area contributed by atoms with Crippen LogP contribution in [-0.4, -0.2) is 29.6 Å². The van der Waals surface area contributed by atoms with E-state index >= 15 is 0 Å². The molecule has 1 saturated heterocycles. The van der Waals surface area contributed by atoms with Crippen molar-refractivity contribution in [2.45, 2.75) is 77.9 Å². The van der Waals surface area contributed by atoms with Gasteiger partial charge in [0.1, 0.15) is 0 Å². The van der Waals surface area contributed by atoms with E-state index in [4.69, 9.17) is 0 Å². The summed E-state index contributed by atoms with van der Waals surface area (Å²) >= 11 is 0. The maximum Gasteiger partial charge on any atom is 0.241 e. The summed E-state index contributed by atoms with van der Waals surface area (Å²) in [5, 5.41) is 3.51. The Labute approximate surface area is 106 Å². The molecule has 1 rings (SSSR count). The molecule has 0 spiro atoms.